The van der Waals surface area contributed by atoms with Gasteiger partial charge in [-0.2, -0.15) is 0 Å². The second-order valence-electron chi connectivity index (χ2n) is 11.2. The van der Waals surface area contributed by atoms with Crippen LogP contribution >= 0.6 is 0 Å². The Bertz CT molecular complexity index is 606. The quantitative estimate of drug-likeness (QED) is 0.655. The number of fused-ring (bicyclic) bond motifs is 5. The van der Waals surface area contributed by atoms with Crippen LogP contribution in [0.4, 0.5) is 0 Å². The molecule has 0 spiro atoms. The SMILES string of the molecule is COC(=O)CCC[C@H]1CC[C@H]2[C@@H]3[C@@H](OC)C[C@@H]4C[C@H](O)CC[C@]4(C)[C@H]3CC[C@]12C. The van der Waals surface area contributed by atoms with Gasteiger partial charge in [-0.3, -0.25) is 4.79 Å². The van der Waals surface area contributed by atoms with E-state index in [1.807, 2.05) is 7.11 Å². The highest BCUT2D eigenvalue weighted by Crippen LogP contribution is 2.68. The van der Waals surface area contributed by atoms with E-state index in [-0.39, 0.29) is 12.1 Å². The number of rotatable bonds is 5. The maximum absolute atomic E-state index is 11.6. The number of aliphatic hydroxyl groups excluding tert-OH is 1. The van der Waals surface area contributed by atoms with Gasteiger partial charge in [0, 0.05) is 13.5 Å². The Hall–Kier alpha value is -0.610. The third-order valence-electron chi connectivity index (χ3n) is 10.3. The first-order valence-corrected chi connectivity index (χ1v) is 12.1. The molecular weight excluding hydrogens is 364 g/mol. The van der Waals surface area contributed by atoms with Crippen LogP contribution in [0.25, 0.3) is 0 Å². The molecule has 9 atom stereocenters. The van der Waals surface area contributed by atoms with Crippen molar-refractivity contribution < 1.29 is 19.4 Å². The van der Waals surface area contributed by atoms with Crippen molar-refractivity contribution in [2.75, 3.05) is 14.2 Å². The molecular formula is C25H42O4. The number of esters is 1. The summed E-state index contributed by atoms with van der Waals surface area (Å²) in [7, 11) is 3.40. The Morgan fingerprint density at radius 3 is 2.45 bits per heavy atom. The lowest BCUT2D eigenvalue weighted by Gasteiger charge is -2.62. The van der Waals surface area contributed by atoms with Gasteiger partial charge < -0.3 is 14.6 Å². The summed E-state index contributed by atoms with van der Waals surface area (Å²) in [4.78, 5) is 11.6. The first kappa shape index (κ1) is 21.6. The van der Waals surface area contributed by atoms with Crippen LogP contribution in [-0.4, -0.2) is 37.5 Å². The number of hydrogen-bond donors (Lipinski definition) is 1. The lowest BCUT2D eigenvalue weighted by Crippen LogP contribution is -2.58. The number of ether oxygens (including phenoxy) is 2. The van der Waals surface area contributed by atoms with Gasteiger partial charge >= 0.3 is 5.97 Å². The fraction of sp³-hybridized carbons (Fsp3) is 0.960. The van der Waals surface area contributed by atoms with E-state index >= 15 is 0 Å². The second kappa shape index (κ2) is 8.15. The zero-order valence-electron chi connectivity index (χ0n) is 19.0. The van der Waals surface area contributed by atoms with Gasteiger partial charge in [0.05, 0.1) is 19.3 Å². The van der Waals surface area contributed by atoms with E-state index in [2.05, 4.69) is 13.8 Å². The minimum Gasteiger partial charge on any atom is -0.469 e. The standard InChI is InChI=1S/C25H42O4/c1-24-13-11-20-23(19(24)9-8-16(24)6-5-7-22(27)29-4)21(28-3)15-17-14-18(26)10-12-25(17,20)2/h16-21,23,26H,5-15H2,1-4H3/t16-,17-,18+,19-,20-,21-,23-,24+,25-/m0/s1. The largest absolute Gasteiger partial charge is 0.469 e. The van der Waals surface area contributed by atoms with Gasteiger partial charge in [-0.25, -0.2) is 0 Å². The number of hydrogen-bond acceptors (Lipinski definition) is 4. The van der Waals surface area contributed by atoms with Crippen molar-refractivity contribution in [2.24, 2.45) is 40.4 Å². The summed E-state index contributed by atoms with van der Waals surface area (Å²) in [6.45, 7) is 5.09. The van der Waals surface area contributed by atoms with Crippen LogP contribution in [0.2, 0.25) is 0 Å². The van der Waals surface area contributed by atoms with E-state index in [0.29, 0.717) is 35.2 Å². The minimum absolute atomic E-state index is 0.0708. The normalized spacial score (nSPS) is 49.1. The van der Waals surface area contributed by atoms with Crippen molar-refractivity contribution in [2.45, 2.75) is 96.7 Å². The predicted octanol–water partition coefficient (Wildman–Crippen LogP) is 4.97. The molecule has 0 saturated heterocycles. The molecule has 0 aromatic carbocycles. The van der Waals surface area contributed by atoms with Crippen molar-refractivity contribution >= 4 is 5.97 Å². The van der Waals surface area contributed by atoms with Crippen molar-refractivity contribution in [1.29, 1.82) is 0 Å². The molecule has 29 heavy (non-hydrogen) atoms. The fourth-order valence-corrected chi connectivity index (χ4v) is 8.60. The Labute approximate surface area is 177 Å². The van der Waals surface area contributed by atoms with Gasteiger partial charge in [-0.1, -0.05) is 13.8 Å². The summed E-state index contributed by atoms with van der Waals surface area (Å²) < 4.78 is 11.0. The third kappa shape index (κ3) is 3.56. The van der Waals surface area contributed by atoms with E-state index in [9.17, 15) is 9.90 Å². The van der Waals surface area contributed by atoms with Crippen LogP contribution in [0, 0.1) is 40.4 Å². The van der Waals surface area contributed by atoms with E-state index < -0.39 is 0 Å². The molecule has 0 bridgehead atoms. The van der Waals surface area contributed by atoms with Crippen LogP contribution in [0.3, 0.4) is 0 Å². The lowest BCUT2D eigenvalue weighted by atomic mass is 9.44. The molecule has 0 aromatic heterocycles. The topological polar surface area (TPSA) is 55.8 Å². The van der Waals surface area contributed by atoms with Crippen LogP contribution < -0.4 is 0 Å². The van der Waals surface area contributed by atoms with E-state index in [1.54, 1.807) is 0 Å². The molecule has 0 amide bonds. The summed E-state index contributed by atoms with van der Waals surface area (Å²) in [5.74, 6) is 3.43. The molecule has 0 aromatic rings. The molecule has 0 heterocycles. The molecule has 4 rings (SSSR count). The molecule has 4 aliphatic carbocycles. The molecule has 0 aliphatic heterocycles. The summed E-state index contributed by atoms with van der Waals surface area (Å²) >= 11 is 0. The van der Waals surface area contributed by atoms with Gasteiger partial charge in [0.1, 0.15) is 0 Å². The highest BCUT2D eigenvalue weighted by Gasteiger charge is 2.62. The molecule has 166 valence electrons. The van der Waals surface area contributed by atoms with Gasteiger partial charge in [0.15, 0.2) is 0 Å². The van der Waals surface area contributed by atoms with Crippen molar-refractivity contribution in [3.63, 3.8) is 0 Å². The minimum atomic E-state index is -0.110. The van der Waals surface area contributed by atoms with Gasteiger partial charge in [-0.15, -0.1) is 0 Å². The van der Waals surface area contributed by atoms with Gasteiger partial charge in [-0.05, 0) is 105 Å². The molecule has 1 N–H and O–H groups in total. The van der Waals surface area contributed by atoms with Gasteiger partial charge in [0.25, 0.3) is 0 Å². The Morgan fingerprint density at radius 2 is 1.72 bits per heavy atom. The van der Waals surface area contributed by atoms with Crippen molar-refractivity contribution in [3.8, 4) is 0 Å². The molecule has 4 saturated carbocycles. The van der Waals surface area contributed by atoms with Crippen LogP contribution in [0.5, 0.6) is 0 Å². The zero-order valence-corrected chi connectivity index (χ0v) is 19.0. The monoisotopic (exact) mass is 406 g/mol. The summed E-state index contributed by atoms with van der Waals surface area (Å²) in [5.41, 5.74) is 0.772. The van der Waals surface area contributed by atoms with Gasteiger partial charge in [0.2, 0.25) is 0 Å². The first-order valence-electron chi connectivity index (χ1n) is 12.1. The zero-order chi connectivity index (χ0) is 20.8. The summed E-state index contributed by atoms with van der Waals surface area (Å²) in [5, 5.41) is 10.3. The number of methoxy groups -OCH3 is 2. The summed E-state index contributed by atoms with van der Waals surface area (Å²) in [6.07, 6.45) is 12.4. The predicted molar refractivity (Wildman–Crippen MR) is 113 cm³/mol. The van der Waals surface area contributed by atoms with Crippen molar-refractivity contribution in [3.05, 3.63) is 0 Å². The smallest absolute Gasteiger partial charge is 0.305 e. The van der Waals surface area contributed by atoms with E-state index in [1.165, 1.54) is 39.2 Å². The summed E-state index contributed by atoms with van der Waals surface area (Å²) in [6, 6.07) is 0. The van der Waals surface area contributed by atoms with Crippen LogP contribution in [0.1, 0.15) is 84.5 Å². The van der Waals surface area contributed by atoms with E-state index in [0.717, 1.165) is 49.9 Å². The average Bonchev–Trinajstić information content (AvgIpc) is 3.04. The van der Waals surface area contributed by atoms with Crippen molar-refractivity contribution in [1.82, 2.24) is 0 Å². The Kier molecular flexibility index (Phi) is 6.07. The highest BCUT2D eigenvalue weighted by molar-refractivity contribution is 5.68. The second-order valence-corrected chi connectivity index (χ2v) is 11.2. The number of aliphatic hydroxyl groups is 1. The lowest BCUT2D eigenvalue weighted by molar-refractivity contribution is -0.180. The molecule has 0 radical (unpaired) electrons. The number of carbonyl (C=O) groups excluding carboxylic acids is 1. The number of carbonyl (C=O) groups is 1. The van der Waals surface area contributed by atoms with Crippen LogP contribution in [-0.2, 0) is 14.3 Å². The molecule has 4 heteroatoms. The fourth-order valence-electron chi connectivity index (χ4n) is 8.60. The molecule has 4 nitrogen and oxygen atoms in total. The maximum Gasteiger partial charge on any atom is 0.305 e. The first-order chi connectivity index (χ1) is 13.8. The Balaban J connectivity index is 1.52. The third-order valence-corrected chi connectivity index (χ3v) is 10.3. The Morgan fingerprint density at radius 1 is 1.00 bits per heavy atom. The molecule has 4 fully saturated rings. The van der Waals surface area contributed by atoms with Crippen LogP contribution in [0.15, 0.2) is 0 Å². The maximum atomic E-state index is 11.6. The van der Waals surface area contributed by atoms with E-state index in [4.69, 9.17) is 9.47 Å². The average molecular weight is 407 g/mol. The molecule has 4 aliphatic rings. The highest BCUT2D eigenvalue weighted by atomic mass is 16.5. The molecule has 0 unspecified atom stereocenters.